The van der Waals surface area contributed by atoms with Crippen molar-refractivity contribution < 1.29 is 4.79 Å². The van der Waals surface area contributed by atoms with Crippen molar-refractivity contribution in [1.29, 1.82) is 0 Å². The van der Waals surface area contributed by atoms with E-state index in [1.54, 1.807) is 7.05 Å². The molecule has 3 heterocycles. The molecule has 0 spiro atoms. The Balaban J connectivity index is 0.00000341. The lowest BCUT2D eigenvalue weighted by Gasteiger charge is -2.34. The van der Waals surface area contributed by atoms with Gasteiger partial charge in [0.2, 0.25) is 5.91 Å². The van der Waals surface area contributed by atoms with Crippen LogP contribution in [0.15, 0.2) is 29.5 Å². The molecule has 1 fully saturated rings. The molecule has 0 saturated carbocycles. The molecule has 1 aliphatic rings. The fraction of sp³-hybridized carbons (Fsp3) is 0.609. The molecular weight excluding hydrogens is 503 g/mol. The van der Waals surface area contributed by atoms with Crippen LogP contribution in [-0.4, -0.2) is 58.9 Å². The minimum Gasteiger partial charge on any atom is -0.356 e. The number of carbonyl (C=O) groups excluding carboxylic acids is 1. The van der Waals surface area contributed by atoms with Crippen LogP contribution < -0.4 is 10.6 Å². The molecule has 7 nitrogen and oxygen atoms in total. The molecule has 1 saturated heterocycles. The van der Waals surface area contributed by atoms with E-state index in [-0.39, 0.29) is 29.9 Å². The van der Waals surface area contributed by atoms with Crippen LogP contribution in [0, 0.1) is 12.8 Å². The molecule has 8 heteroatoms. The zero-order valence-corrected chi connectivity index (χ0v) is 21.6. The Hall–Kier alpha value is -1.84. The van der Waals surface area contributed by atoms with Gasteiger partial charge in [-0.2, -0.15) is 0 Å². The smallest absolute Gasteiger partial charge is 0.225 e. The van der Waals surface area contributed by atoms with Gasteiger partial charge >= 0.3 is 0 Å². The first-order chi connectivity index (χ1) is 14.5. The number of nitrogens with one attached hydrogen (secondary N) is 2. The largest absolute Gasteiger partial charge is 0.356 e. The van der Waals surface area contributed by atoms with Crippen LogP contribution >= 0.6 is 24.0 Å². The molecule has 172 valence electrons. The number of hydrogen-bond acceptors (Lipinski definition) is 3. The molecule has 0 aromatic carbocycles. The van der Waals surface area contributed by atoms with Gasteiger partial charge in [-0.3, -0.25) is 9.79 Å². The molecule has 1 aliphatic heterocycles. The second-order valence-corrected chi connectivity index (χ2v) is 8.16. The van der Waals surface area contributed by atoms with Crippen molar-refractivity contribution in [2.24, 2.45) is 10.9 Å². The minimum atomic E-state index is 0. The van der Waals surface area contributed by atoms with E-state index in [4.69, 9.17) is 4.98 Å². The molecule has 0 unspecified atom stereocenters. The van der Waals surface area contributed by atoms with Crippen LogP contribution in [0.1, 0.15) is 50.8 Å². The molecule has 2 N–H and O–H groups in total. The van der Waals surface area contributed by atoms with Crippen LogP contribution in [-0.2, 0) is 11.2 Å². The summed E-state index contributed by atoms with van der Waals surface area (Å²) in [5.41, 5.74) is 3.27. The number of piperidine rings is 1. The monoisotopic (exact) mass is 540 g/mol. The highest BCUT2D eigenvalue weighted by molar-refractivity contribution is 14.0. The quantitative estimate of drug-likeness (QED) is 0.321. The third-order valence-electron chi connectivity index (χ3n) is 6.11. The Morgan fingerprint density at radius 1 is 1.29 bits per heavy atom. The summed E-state index contributed by atoms with van der Waals surface area (Å²) in [6.45, 7) is 8.70. The Morgan fingerprint density at radius 2 is 2.00 bits per heavy atom. The van der Waals surface area contributed by atoms with E-state index < -0.39 is 0 Å². The maximum absolute atomic E-state index is 12.6. The van der Waals surface area contributed by atoms with Gasteiger partial charge in [-0.05, 0) is 44.2 Å². The van der Waals surface area contributed by atoms with Gasteiger partial charge in [0.25, 0.3) is 0 Å². The highest BCUT2D eigenvalue weighted by Crippen LogP contribution is 2.17. The van der Waals surface area contributed by atoms with Gasteiger partial charge in [0, 0.05) is 57.5 Å². The van der Waals surface area contributed by atoms with Crippen LogP contribution in [0.3, 0.4) is 0 Å². The van der Waals surface area contributed by atoms with E-state index in [1.165, 1.54) is 5.56 Å². The summed E-state index contributed by atoms with van der Waals surface area (Å²) < 4.78 is 2.08. The topological polar surface area (TPSA) is 74.0 Å². The Labute approximate surface area is 203 Å². The number of amides is 1. The minimum absolute atomic E-state index is 0. The zero-order valence-electron chi connectivity index (χ0n) is 19.2. The number of imidazole rings is 1. The fourth-order valence-electron chi connectivity index (χ4n) is 4.16. The number of fused-ring (bicyclic) bond motifs is 1. The first-order valence-corrected chi connectivity index (χ1v) is 11.2. The molecule has 31 heavy (non-hydrogen) atoms. The maximum Gasteiger partial charge on any atom is 0.225 e. The lowest BCUT2D eigenvalue weighted by atomic mass is 9.98. The van der Waals surface area contributed by atoms with Gasteiger partial charge in [-0.15, -0.1) is 24.0 Å². The second kappa shape index (κ2) is 12.3. The van der Waals surface area contributed by atoms with Crippen LogP contribution in [0.5, 0.6) is 0 Å². The molecular formula is C23H37IN6O. The van der Waals surface area contributed by atoms with Crippen molar-refractivity contribution in [3.63, 3.8) is 0 Å². The summed E-state index contributed by atoms with van der Waals surface area (Å²) in [7, 11) is 1.80. The number of nitrogens with zero attached hydrogens (tertiary/aromatic N) is 4. The first kappa shape index (κ1) is 25.4. The number of likely N-dealkylation sites (tertiary alicyclic amines) is 1. The summed E-state index contributed by atoms with van der Waals surface area (Å²) >= 11 is 0. The van der Waals surface area contributed by atoms with Crippen molar-refractivity contribution in [2.45, 2.75) is 58.9 Å². The lowest BCUT2D eigenvalue weighted by Crippen LogP contribution is -2.50. The molecule has 2 aromatic heterocycles. The van der Waals surface area contributed by atoms with E-state index in [0.717, 1.165) is 69.0 Å². The average Bonchev–Trinajstić information content (AvgIpc) is 3.18. The van der Waals surface area contributed by atoms with Gasteiger partial charge in [-0.1, -0.05) is 19.9 Å². The number of guanidine groups is 1. The predicted molar refractivity (Wildman–Crippen MR) is 137 cm³/mol. The van der Waals surface area contributed by atoms with Gasteiger partial charge in [0.1, 0.15) is 5.65 Å². The standard InChI is InChI=1S/C23H36N6O.HI/c1-5-18(6-2)22(30)28-14-10-19(11-15-28)27-23(24-4)25-12-9-20-16-29-13-7-8-17(3)21(29)26-20;/h7-8,13,16,18-19H,5-6,9-12,14-15H2,1-4H3,(H2,24,25,27);1H. The van der Waals surface area contributed by atoms with Crippen molar-refractivity contribution in [1.82, 2.24) is 24.9 Å². The normalized spacial score (nSPS) is 15.3. The van der Waals surface area contributed by atoms with Crippen molar-refractivity contribution in [3.8, 4) is 0 Å². The SMILES string of the molecule is CCC(CC)C(=O)N1CCC(NC(=NC)NCCc2cn3cccc(C)c3n2)CC1.I. The van der Waals surface area contributed by atoms with Crippen molar-refractivity contribution >= 4 is 41.5 Å². The Morgan fingerprint density at radius 3 is 2.61 bits per heavy atom. The third-order valence-corrected chi connectivity index (χ3v) is 6.11. The summed E-state index contributed by atoms with van der Waals surface area (Å²) in [6, 6.07) is 4.47. The van der Waals surface area contributed by atoms with Crippen molar-refractivity contribution in [2.75, 3.05) is 26.7 Å². The molecule has 0 radical (unpaired) electrons. The summed E-state index contributed by atoms with van der Waals surface area (Å²) in [5, 5.41) is 6.92. The lowest BCUT2D eigenvalue weighted by molar-refractivity contribution is -0.136. The number of rotatable bonds is 7. The first-order valence-electron chi connectivity index (χ1n) is 11.2. The highest BCUT2D eigenvalue weighted by atomic mass is 127. The molecule has 2 aromatic rings. The van der Waals surface area contributed by atoms with E-state index >= 15 is 0 Å². The van der Waals surface area contributed by atoms with E-state index in [2.05, 4.69) is 53.1 Å². The number of aromatic nitrogens is 2. The van der Waals surface area contributed by atoms with Crippen LogP contribution in [0.4, 0.5) is 0 Å². The fourth-order valence-corrected chi connectivity index (χ4v) is 4.16. The van der Waals surface area contributed by atoms with E-state index in [1.807, 2.05) is 17.2 Å². The molecule has 3 rings (SSSR count). The number of halogens is 1. The third kappa shape index (κ3) is 6.57. The number of aryl methyl sites for hydroxylation is 1. The van der Waals surface area contributed by atoms with Gasteiger partial charge < -0.3 is 19.9 Å². The van der Waals surface area contributed by atoms with Crippen molar-refractivity contribution in [3.05, 3.63) is 35.8 Å². The highest BCUT2D eigenvalue weighted by Gasteiger charge is 2.26. The number of hydrogen-bond donors (Lipinski definition) is 2. The molecule has 0 bridgehead atoms. The predicted octanol–water partition coefficient (Wildman–Crippen LogP) is 3.40. The Bertz CT molecular complexity index is 868. The average molecular weight is 540 g/mol. The zero-order chi connectivity index (χ0) is 21.5. The molecule has 0 aliphatic carbocycles. The van der Waals surface area contributed by atoms with E-state index in [9.17, 15) is 4.79 Å². The second-order valence-electron chi connectivity index (χ2n) is 8.16. The van der Waals surface area contributed by atoms with Gasteiger partial charge in [0.05, 0.1) is 5.69 Å². The van der Waals surface area contributed by atoms with Gasteiger partial charge in [0.15, 0.2) is 5.96 Å². The maximum atomic E-state index is 12.6. The number of pyridine rings is 1. The summed E-state index contributed by atoms with van der Waals surface area (Å²) in [6.07, 6.45) is 8.73. The number of carbonyl (C=O) groups is 1. The van der Waals surface area contributed by atoms with E-state index in [0.29, 0.717) is 11.9 Å². The summed E-state index contributed by atoms with van der Waals surface area (Å²) in [5.74, 6) is 1.32. The molecule has 1 amide bonds. The summed E-state index contributed by atoms with van der Waals surface area (Å²) in [4.78, 5) is 23.7. The Kier molecular flexibility index (Phi) is 10.1. The van der Waals surface area contributed by atoms with Crippen LogP contribution in [0.25, 0.3) is 5.65 Å². The van der Waals surface area contributed by atoms with Crippen LogP contribution in [0.2, 0.25) is 0 Å². The van der Waals surface area contributed by atoms with Gasteiger partial charge in [-0.25, -0.2) is 4.98 Å². The number of aliphatic imine (C=N–C) groups is 1. The molecule has 0 atom stereocenters.